The summed E-state index contributed by atoms with van der Waals surface area (Å²) < 4.78 is 5.72. The topological polar surface area (TPSA) is 37.9 Å². The Balaban J connectivity index is 1.83. The smallest absolute Gasteiger partial charge is 0.215 e. The number of aromatic nitrogens is 2. The Labute approximate surface area is 115 Å². The summed E-state index contributed by atoms with van der Waals surface area (Å²) in [5.41, 5.74) is 0. The number of hydrogen-bond donors (Lipinski definition) is 1. The van der Waals surface area contributed by atoms with Gasteiger partial charge in [-0.15, -0.1) is 0 Å². The van der Waals surface area contributed by atoms with Gasteiger partial charge < -0.3 is 4.74 Å². The number of rotatable bonds is 2. The number of ether oxygens (including phenoxy) is 1. The van der Waals surface area contributed by atoms with Crippen LogP contribution in [0.15, 0.2) is 66.9 Å². The second-order valence-electron chi connectivity index (χ2n) is 4.73. The summed E-state index contributed by atoms with van der Waals surface area (Å²) in [5.74, 6) is 1.45. The Morgan fingerprint density at radius 1 is 0.750 bits per heavy atom. The molecule has 0 aliphatic carbocycles. The van der Waals surface area contributed by atoms with Crippen LogP contribution in [0.4, 0.5) is 0 Å². The standard InChI is InChI=1S/C17H12N2O/c1-2-4-13-10-15-11-16(20-17-7-8-18-19-17)6-5-14(15)9-12(13)3-1/h1-11H,(H,18,19). The Hall–Kier alpha value is -2.81. The van der Waals surface area contributed by atoms with Gasteiger partial charge in [0, 0.05) is 6.07 Å². The number of nitrogens with one attached hydrogen (secondary N) is 1. The van der Waals surface area contributed by atoms with Gasteiger partial charge >= 0.3 is 0 Å². The minimum atomic E-state index is 0.644. The number of fused-ring (bicyclic) bond motifs is 2. The fourth-order valence-electron chi connectivity index (χ4n) is 2.41. The van der Waals surface area contributed by atoms with E-state index in [1.54, 1.807) is 12.3 Å². The molecule has 1 aromatic heterocycles. The molecule has 0 radical (unpaired) electrons. The van der Waals surface area contributed by atoms with Gasteiger partial charge in [-0.3, -0.25) is 0 Å². The second kappa shape index (κ2) is 4.38. The molecular weight excluding hydrogens is 248 g/mol. The maximum absolute atomic E-state index is 5.72. The van der Waals surface area contributed by atoms with Crippen molar-refractivity contribution < 1.29 is 4.74 Å². The minimum absolute atomic E-state index is 0.644. The van der Waals surface area contributed by atoms with E-state index in [2.05, 4.69) is 52.7 Å². The van der Waals surface area contributed by atoms with Crippen LogP contribution in [-0.4, -0.2) is 10.2 Å². The summed E-state index contributed by atoms with van der Waals surface area (Å²) in [6.07, 6.45) is 1.67. The highest BCUT2D eigenvalue weighted by atomic mass is 16.5. The van der Waals surface area contributed by atoms with Crippen molar-refractivity contribution in [3.05, 3.63) is 66.9 Å². The number of benzene rings is 3. The molecule has 1 heterocycles. The minimum Gasteiger partial charge on any atom is -0.440 e. The van der Waals surface area contributed by atoms with E-state index in [9.17, 15) is 0 Å². The predicted molar refractivity (Wildman–Crippen MR) is 80.1 cm³/mol. The Kier molecular flexibility index (Phi) is 2.42. The lowest BCUT2D eigenvalue weighted by molar-refractivity contribution is 0.462. The molecule has 0 unspecified atom stereocenters. The lowest BCUT2D eigenvalue weighted by atomic mass is 10.0. The molecule has 0 atom stereocenters. The number of hydrogen-bond acceptors (Lipinski definition) is 2. The van der Waals surface area contributed by atoms with Crippen molar-refractivity contribution in [1.29, 1.82) is 0 Å². The van der Waals surface area contributed by atoms with E-state index < -0.39 is 0 Å². The maximum atomic E-state index is 5.72. The highest BCUT2D eigenvalue weighted by molar-refractivity contribution is 5.98. The fraction of sp³-hybridized carbons (Fsp3) is 0. The third kappa shape index (κ3) is 1.89. The third-order valence-electron chi connectivity index (χ3n) is 3.38. The van der Waals surface area contributed by atoms with Crippen LogP contribution in [0, 0.1) is 0 Å². The zero-order chi connectivity index (χ0) is 13.4. The van der Waals surface area contributed by atoms with Gasteiger partial charge in [-0.05, 0) is 45.8 Å². The molecular formula is C17H12N2O. The first-order chi connectivity index (χ1) is 9.88. The van der Waals surface area contributed by atoms with Crippen LogP contribution in [0.1, 0.15) is 0 Å². The molecule has 0 fully saturated rings. The molecule has 3 aromatic carbocycles. The Morgan fingerprint density at radius 3 is 2.25 bits per heavy atom. The van der Waals surface area contributed by atoms with Gasteiger partial charge in [0.15, 0.2) is 0 Å². The van der Waals surface area contributed by atoms with Crippen molar-refractivity contribution in [3.8, 4) is 11.6 Å². The highest BCUT2D eigenvalue weighted by Crippen LogP contribution is 2.28. The van der Waals surface area contributed by atoms with Crippen molar-refractivity contribution in [2.24, 2.45) is 0 Å². The van der Waals surface area contributed by atoms with E-state index in [-0.39, 0.29) is 0 Å². The van der Waals surface area contributed by atoms with Crippen molar-refractivity contribution >= 4 is 21.5 Å². The van der Waals surface area contributed by atoms with Crippen LogP contribution in [0.5, 0.6) is 11.6 Å². The monoisotopic (exact) mass is 260 g/mol. The van der Waals surface area contributed by atoms with E-state index in [0.717, 1.165) is 5.75 Å². The normalized spacial score (nSPS) is 11.0. The lowest BCUT2D eigenvalue weighted by Gasteiger charge is -2.06. The van der Waals surface area contributed by atoms with Crippen LogP contribution in [0.3, 0.4) is 0 Å². The first-order valence-corrected chi connectivity index (χ1v) is 6.48. The average molecular weight is 260 g/mol. The van der Waals surface area contributed by atoms with E-state index in [1.807, 2.05) is 12.1 Å². The molecule has 0 saturated carbocycles. The largest absolute Gasteiger partial charge is 0.440 e. The summed E-state index contributed by atoms with van der Waals surface area (Å²) in [6.45, 7) is 0. The quantitative estimate of drug-likeness (QED) is 0.538. The maximum Gasteiger partial charge on any atom is 0.215 e. The summed E-state index contributed by atoms with van der Waals surface area (Å²) in [7, 11) is 0. The van der Waals surface area contributed by atoms with E-state index in [1.165, 1.54) is 21.5 Å². The molecule has 0 aliphatic rings. The van der Waals surface area contributed by atoms with E-state index in [4.69, 9.17) is 4.74 Å². The molecule has 3 nitrogen and oxygen atoms in total. The van der Waals surface area contributed by atoms with Crippen LogP contribution in [0.25, 0.3) is 21.5 Å². The molecule has 96 valence electrons. The predicted octanol–water partition coefficient (Wildman–Crippen LogP) is 4.51. The fourth-order valence-corrected chi connectivity index (χ4v) is 2.41. The van der Waals surface area contributed by atoms with Gasteiger partial charge in [0.1, 0.15) is 5.75 Å². The van der Waals surface area contributed by atoms with Crippen molar-refractivity contribution in [1.82, 2.24) is 10.2 Å². The van der Waals surface area contributed by atoms with Crippen LogP contribution in [0.2, 0.25) is 0 Å². The summed E-state index contributed by atoms with van der Waals surface area (Å²) >= 11 is 0. The molecule has 20 heavy (non-hydrogen) atoms. The average Bonchev–Trinajstić information content (AvgIpc) is 2.98. The molecule has 0 aliphatic heterocycles. The van der Waals surface area contributed by atoms with Crippen molar-refractivity contribution in [2.75, 3.05) is 0 Å². The lowest BCUT2D eigenvalue weighted by Crippen LogP contribution is -1.85. The molecule has 0 amide bonds. The zero-order valence-corrected chi connectivity index (χ0v) is 10.7. The van der Waals surface area contributed by atoms with Crippen LogP contribution < -0.4 is 4.74 Å². The van der Waals surface area contributed by atoms with Crippen molar-refractivity contribution in [3.63, 3.8) is 0 Å². The van der Waals surface area contributed by atoms with Gasteiger partial charge in [0.2, 0.25) is 5.88 Å². The molecule has 1 N–H and O–H groups in total. The molecule has 4 aromatic rings. The zero-order valence-electron chi connectivity index (χ0n) is 10.7. The van der Waals surface area contributed by atoms with Gasteiger partial charge in [0.25, 0.3) is 0 Å². The SMILES string of the molecule is c1ccc2cc3cc(Oc4ccn[nH]4)ccc3cc2c1. The summed E-state index contributed by atoms with van der Waals surface area (Å²) in [6, 6.07) is 20.6. The molecule has 4 rings (SSSR count). The molecule has 3 heteroatoms. The van der Waals surface area contributed by atoms with Crippen molar-refractivity contribution in [2.45, 2.75) is 0 Å². The van der Waals surface area contributed by atoms with Gasteiger partial charge in [0.05, 0.1) is 6.20 Å². The Morgan fingerprint density at radius 2 is 1.50 bits per heavy atom. The molecule has 0 saturated heterocycles. The van der Waals surface area contributed by atoms with Crippen LogP contribution in [-0.2, 0) is 0 Å². The highest BCUT2D eigenvalue weighted by Gasteiger charge is 2.02. The second-order valence-corrected chi connectivity index (χ2v) is 4.73. The molecule has 0 spiro atoms. The van der Waals surface area contributed by atoms with E-state index in [0.29, 0.717) is 5.88 Å². The first kappa shape index (κ1) is 11.1. The van der Waals surface area contributed by atoms with Gasteiger partial charge in [-0.1, -0.05) is 30.3 Å². The number of nitrogens with zero attached hydrogens (tertiary/aromatic N) is 1. The van der Waals surface area contributed by atoms with Crippen LogP contribution >= 0.6 is 0 Å². The summed E-state index contributed by atoms with van der Waals surface area (Å²) in [4.78, 5) is 0. The molecule has 0 bridgehead atoms. The Bertz CT molecular complexity index is 882. The van der Waals surface area contributed by atoms with E-state index >= 15 is 0 Å². The summed E-state index contributed by atoms with van der Waals surface area (Å²) in [5, 5.41) is 11.5. The van der Waals surface area contributed by atoms with Gasteiger partial charge in [-0.2, -0.15) is 5.10 Å². The third-order valence-corrected chi connectivity index (χ3v) is 3.38. The van der Waals surface area contributed by atoms with Gasteiger partial charge in [-0.25, -0.2) is 5.10 Å². The number of H-pyrrole nitrogens is 1. The number of aromatic amines is 1. The first-order valence-electron chi connectivity index (χ1n) is 6.48.